The highest BCUT2D eigenvalue weighted by Crippen LogP contribution is 2.34. The normalized spacial score (nSPS) is 10.8. The van der Waals surface area contributed by atoms with E-state index in [2.05, 4.69) is 25.6 Å². The smallest absolute Gasteiger partial charge is 0.334 e. The Morgan fingerprint density at radius 3 is 2.40 bits per heavy atom. The number of pyridine rings is 1. The number of hydrogen-bond acceptors (Lipinski definition) is 7. The van der Waals surface area contributed by atoms with E-state index in [0.717, 1.165) is 33.4 Å². The number of nitro groups is 1. The number of aryl methyl sites for hydroxylation is 3. The first kappa shape index (κ1) is 19.3. The van der Waals surface area contributed by atoms with Gasteiger partial charge in [0.15, 0.2) is 0 Å². The number of benzene rings is 2. The van der Waals surface area contributed by atoms with Crippen LogP contribution in [0, 0.1) is 30.9 Å². The minimum atomic E-state index is -0.487. The van der Waals surface area contributed by atoms with Gasteiger partial charge in [0.25, 0.3) is 0 Å². The highest BCUT2D eigenvalue weighted by Gasteiger charge is 2.24. The standard InChI is InChI=1S/C22H20N6O2/c1-13-7-9-16(11-14(13)2)26-21-20(28(29)30)22(24-12-23-21)27-19-6-4-5-18-17(19)10-8-15(3)25-18/h4-12H,1-3H3,(H2,23,24,26,27). The first-order valence-corrected chi connectivity index (χ1v) is 9.39. The van der Waals surface area contributed by atoms with E-state index < -0.39 is 4.92 Å². The van der Waals surface area contributed by atoms with Crippen molar-refractivity contribution in [2.75, 3.05) is 10.6 Å². The summed E-state index contributed by atoms with van der Waals surface area (Å²) >= 11 is 0. The number of hydrogen-bond donors (Lipinski definition) is 2. The zero-order chi connectivity index (χ0) is 21.3. The van der Waals surface area contributed by atoms with Crippen LogP contribution < -0.4 is 10.6 Å². The molecule has 0 aliphatic rings. The fourth-order valence-corrected chi connectivity index (χ4v) is 3.18. The van der Waals surface area contributed by atoms with Crippen LogP contribution >= 0.6 is 0 Å². The van der Waals surface area contributed by atoms with E-state index in [1.165, 1.54) is 6.33 Å². The number of nitrogens with one attached hydrogen (secondary N) is 2. The van der Waals surface area contributed by atoms with Crippen LogP contribution in [-0.4, -0.2) is 19.9 Å². The Morgan fingerprint density at radius 2 is 1.67 bits per heavy atom. The van der Waals surface area contributed by atoms with Gasteiger partial charge in [0.05, 0.1) is 10.4 Å². The second-order valence-electron chi connectivity index (χ2n) is 7.05. The summed E-state index contributed by atoms with van der Waals surface area (Å²) in [5.41, 5.74) is 5.08. The molecule has 30 heavy (non-hydrogen) atoms. The number of nitrogens with zero attached hydrogens (tertiary/aromatic N) is 4. The topological polar surface area (TPSA) is 106 Å². The highest BCUT2D eigenvalue weighted by molar-refractivity contribution is 5.94. The molecule has 0 unspecified atom stereocenters. The molecular weight excluding hydrogens is 380 g/mol. The Kier molecular flexibility index (Phi) is 4.97. The van der Waals surface area contributed by atoms with Gasteiger partial charge in [0.2, 0.25) is 11.6 Å². The lowest BCUT2D eigenvalue weighted by molar-refractivity contribution is -0.383. The van der Waals surface area contributed by atoms with Gasteiger partial charge >= 0.3 is 5.69 Å². The lowest BCUT2D eigenvalue weighted by Crippen LogP contribution is -2.06. The van der Waals surface area contributed by atoms with Crippen LogP contribution in [0.3, 0.4) is 0 Å². The predicted molar refractivity (Wildman–Crippen MR) is 118 cm³/mol. The molecule has 0 saturated heterocycles. The lowest BCUT2D eigenvalue weighted by atomic mass is 10.1. The molecule has 2 N–H and O–H groups in total. The first-order valence-electron chi connectivity index (χ1n) is 9.39. The monoisotopic (exact) mass is 400 g/mol. The molecule has 0 spiro atoms. The third kappa shape index (κ3) is 3.75. The van der Waals surface area contributed by atoms with Gasteiger partial charge in [-0.15, -0.1) is 0 Å². The summed E-state index contributed by atoms with van der Waals surface area (Å²) in [6.07, 6.45) is 1.30. The molecule has 2 aromatic heterocycles. The van der Waals surface area contributed by atoms with Gasteiger partial charge < -0.3 is 10.6 Å². The molecule has 8 heteroatoms. The molecule has 150 valence electrons. The maximum Gasteiger partial charge on any atom is 0.353 e. The molecule has 0 aliphatic heterocycles. The summed E-state index contributed by atoms with van der Waals surface area (Å²) in [4.78, 5) is 24.1. The van der Waals surface area contributed by atoms with Crippen LogP contribution in [0.2, 0.25) is 0 Å². The van der Waals surface area contributed by atoms with Crippen LogP contribution in [0.1, 0.15) is 16.8 Å². The van der Waals surface area contributed by atoms with Crippen molar-refractivity contribution in [3.8, 4) is 0 Å². The van der Waals surface area contributed by atoms with E-state index in [1.54, 1.807) is 0 Å². The molecule has 0 amide bonds. The molecule has 4 aromatic rings. The van der Waals surface area contributed by atoms with Crippen molar-refractivity contribution >= 4 is 39.6 Å². The van der Waals surface area contributed by atoms with Gasteiger partial charge in [0.1, 0.15) is 6.33 Å². The highest BCUT2D eigenvalue weighted by atomic mass is 16.6. The molecule has 2 heterocycles. The van der Waals surface area contributed by atoms with E-state index in [9.17, 15) is 10.1 Å². The third-order valence-corrected chi connectivity index (χ3v) is 4.90. The van der Waals surface area contributed by atoms with Gasteiger partial charge in [-0.05, 0) is 68.3 Å². The Hall–Kier alpha value is -4.07. The summed E-state index contributed by atoms with van der Waals surface area (Å²) < 4.78 is 0. The van der Waals surface area contributed by atoms with Crippen LogP contribution in [0.5, 0.6) is 0 Å². The number of fused-ring (bicyclic) bond motifs is 1. The molecular formula is C22H20N6O2. The molecule has 0 fully saturated rings. The Balaban J connectivity index is 1.75. The van der Waals surface area contributed by atoms with Crippen LogP contribution in [0.25, 0.3) is 10.9 Å². The summed E-state index contributed by atoms with van der Waals surface area (Å²) in [5, 5.41) is 18.9. The maximum atomic E-state index is 11.9. The van der Waals surface area contributed by atoms with E-state index >= 15 is 0 Å². The van der Waals surface area contributed by atoms with Crippen molar-refractivity contribution in [3.63, 3.8) is 0 Å². The second-order valence-corrected chi connectivity index (χ2v) is 7.05. The van der Waals surface area contributed by atoms with Crippen molar-refractivity contribution in [2.45, 2.75) is 20.8 Å². The molecule has 4 rings (SSSR count). The van der Waals surface area contributed by atoms with Crippen molar-refractivity contribution < 1.29 is 4.92 Å². The van der Waals surface area contributed by atoms with Crippen LogP contribution in [0.4, 0.5) is 28.7 Å². The second kappa shape index (κ2) is 7.75. The maximum absolute atomic E-state index is 11.9. The predicted octanol–water partition coefficient (Wildman–Crippen LogP) is 5.35. The molecule has 0 aliphatic carbocycles. The summed E-state index contributed by atoms with van der Waals surface area (Å²) in [6, 6.07) is 15.1. The molecule has 0 atom stereocenters. The van der Waals surface area contributed by atoms with Crippen molar-refractivity contribution in [2.24, 2.45) is 0 Å². The Morgan fingerprint density at radius 1 is 0.900 bits per heavy atom. The fraction of sp³-hybridized carbons (Fsp3) is 0.136. The number of anilines is 4. The minimum absolute atomic E-state index is 0.106. The number of aromatic nitrogens is 3. The first-order chi connectivity index (χ1) is 14.4. The van der Waals surface area contributed by atoms with E-state index in [1.807, 2.05) is 69.3 Å². The minimum Gasteiger partial charge on any atom is -0.334 e. The third-order valence-electron chi connectivity index (χ3n) is 4.90. The van der Waals surface area contributed by atoms with Gasteiger partial charge in [-0.25, -0.2) is 9.97 Å². The van der Waals surface area contributed by atoms with Gasteiger partial charge in [-0.2, -0.15) is 0 Å². The zero-order valence-electron chi connectivity index (χ0n) is 16.8. The van der Waals surface area contributed by atoms with Gasteiger partial charge in [0, 0.05) is 22.5 Å². The van der Waals surface area contributed by atoms with Gasteiger partial charge in [-0.1, -0.05) is 12.1 Å². The summed E-state index contributed by atoms with van der Waals surface area (Å²) in [6.45, 7) is 5.91. The van der Waals surface area contributed by atoms with Gasteiger partial charge in [-0.3, -0.25) is 15.1 Å². The Bertz CT molecular complexity index is 1270. The van der Waals surface area contributed by atoms with E-state index in [4.69, 9.17) is 0 Å². The van der Waals surface area contributed by atoms with Crippen molar-refractivity contribution in [3.05, 3.63) is 81.8 Å². The Labute approximate surface area is 173 Å². The molecule has 0 bridgehead atoms. The van der Waals surface area contributed by atoms with Crippen LogP contribution in [-0.2, 0) is 0 Å². The van der Waals surface area contributed by atoms with Crippen LogP contribution in [0.15, 0.2) is 54.9 Å². The molecule has 0 saturated carbocycles. The lowest BCUT2D eigenvalue weighted by Gasteiger charge is -2.12. The SMILES string of the molecule is Cc1ccc2c(Nc3ncnc(Nc4ccc(C)c(C)c4)c3[N+](=O)[O-])cccc2n1. The fourth-order valence-electron chi connectivity index (χ4n) is 3.18. The quantitative estimate of drug-likeness (QED) is 0.344. The average molecular weight is 400 g/mol. The van der Waals surface area contributed by atoms with E-state index in [-0.39, 0.29) is 17.3 Å². The molecule has 2 aromatic carbocycles. The largest absolute Gasteiger partial charge is 0.353 e. The van der Waals surface area contributed by atoms with E-state index in [0.29, 0.717) is 5.69 Å². The van der Waals surface area contributed by atoms with Crippen molar-refractivity contribution in [1.82, 2.24) is 15.0 Å². The van der Waals surface area contributed by atoms with Crippen molar-refractivity contribution in [1.29, 1.82) is 0 Å². The summed E-state index contributed by atoms with van der Waals surface area (Å²) in [7, 11) is 0. The summed E-state index contributed by atoms with van der Waals surface area (Å²) in [5.74, 6) is 0.226. The zero-order valence-corrected chi connectivity index (χ0v) is 16.8. The average Bonchev–Trinajstić information content (AvgIpc) is 2.70. The molecule has 0 radical (unpaired) electrons. The molecule has 8 nitrogen and oxygen atoms in total. The number of rotatable bonds is 5.